The van der Waals surface area contributed by atoms with Crippen LogP contribution in [0.2, 0.25) is 0 Å². The topological polar surface area (TPSA) is 68.0 Å². The standard InChI is InChI=1S/C14H14FN3O/c1-9-3-2-4-11(13(9)15)14(19)18-12-6-5-10(7-16)8-17-12/h2-6,8H,7,16H2,1H3,(H,17,18,19). The number of nitrogens with one attached hydrogen (secondary N) is 1. The molecule has 0 aliphatic rings. The fourth-order valence-electron chi connectivity index (χ4n) is 1.63. The Kier molecular flexibility index (Phi) is 3.87. The van der Waals surface area contributed by atoms with Gasteiger partial charge in [-0.3, -0.25) is 4.79 Å². The highest BCUT2D eigenvalue weighted by atomic mass is 19.1. The second-order valence-electron chi connectivity index (χ2n) is 4.15. The highest BCUT2D eigenvalue weighted by Gasteiger charge is 2.13. The van der Waals surface area contributed by atoms with Crippen molar-refractivity contribution < 1.29 is 9.18 Å². The molecule has 0 aliphatic heterocycles. The SMILES string of the molecule is Cc1cccc(C(=O)Nc2ccc(CN)cn2)c1F. The molecule has 0 saturated heterocycles. The van der Waals surface area contributed by atoms with Gasteiger partial charge in [0.15, 0.2) is 0 Å². The smallest absolute Gasteiger partial charge is 0.259 e. The second kappa shape index (κ2) is 5.58. The van der Waals surface area contributed by atoms with Crippen molar-refractivity contribution in [1.82, 2.24) is 4.98 Å². The maximum Gasteiger partial charge on any atom is 0.259 e. The fourth-order valence-corrected chi connectivity index (χ4v) is 1.63. The number of halogens is 1. The number of aromatic nitrogens is 1. The number of hydrogen-bond acceptors (Lipinski definition) is 3. The third-order valence-corrected chi connectivity index (χ3v) is 2.74. The van der Waals surface area contributed by atoms with Gasteiger partial charge >= 0.3 is 0 Å². The quantitative estimate of drug-likeness (QED) is 0.888. The molecule has 98 valence electrons. The normalized spacial score (nSPS) is 10.3. The zero-order valence-electron chi connectivity index (χ0n) is 10.5. The van der Waals surface area contributed by atoms with Gasteiger partial charge in [0.25, 0.3) is 5.91 Å². The summed E-state index contributed by atoms with van der Waals surface area (Å²) in [6.07, 6.45) is 1.57. The number of benzene rings is 1. The summed E-state index contributed by atoms with van der Waals surface area (Å²) >= 11 is 0. The lowest BCUT2D eigenvalue weighted by molar-refractivity contribution is 0.102. The van der Waals surface area contributed by atoms with E-state index in [4.69, 9.17) is 5.73 Å². The monoisotopic (exact) mass is 259 g/mol. The van der Waals surface area contributed by atoms with Gasteiger partial charge < -0.3 is 11.1 Å². The highest BCUT2D eigenvalue weighted by Crippen LogP contribution is 2.14. The first-order valence-corrected chi connectivity index (χ1v) is 5.83. The van der Waals surface area contributed by atoms with Gasteiger partial charge in [-0.15, -0.1) is 0 Å². The van der Waals surface area contributed by atoms with Crippen LogP contribution in [0.3, 0.4) is 0 Å². The van der Waals surface area contributed by atoms with Crippen LogP contribution in [0.4, 0.5) is 10.2 Å². The number of carbonyl (C=O) groups excluding carboxylic acids is 1. The summed E-state index contributed by atoms with van der Waals surface area (Å²) < 4.78 is 13.8. The van der Waals surface area contributed by atoms with Gasteiger partial charge in [0.1, 0.15) is 11.6 Å². The second-order valence-corrected chi connectivity index (χ2v) is 4.15. The van der Waals surface area contributed by atoms with Gasteiger partial charge in [0.05, 0.1) is 5.56 Å². The third kappa shape index (κ3) is 2.95. The number of hydrogen-bond donors (Lipinski definition) is 2. The zero-order valence-corrected chi connectivity index (χ0v) is 10.5. The van der Waals surface area contributed by atoms with E-state index >= 15 is 0 Å². The Morgan fingerprint density at radius 3 is 2.79 bits per heavy atom. The molecular weight excluding hydrogens is 245 g/mol. The molecule has 3 N–H and O–H groups in total. The van der Waals surface area contributed by atoms with Crippen molar-refractivity contribution >= 4 is 11.7 Å². The van der Waals surface area contributed by atoms with Crippen LogP contribution in [-0.2, 0) is 6.54 Å². The van der Waals surface area contributed by atoms with E-state index in [9.17, 15) is 9.18 Å². The van der Waals surface area contributed by atoms with Gasteiger partial charge in [-0.2, -0.15) is 0 Å². The van der Waals surface area contributed by atoms with E-state index in [1.54, 1.807) is 37.4 Å². The largest absolute Gasteiger partial charge is 0.326 e. The Labute approximate surface area is 110 Å². The molecule has 4 nitrogen and oxygen atoms in total. The number of pyridine rings is 1. The summed E-state index contributed by atoms with van der Waals surface area (Å²) in [5.74, 6) is -0.670. The van der Waals surface area contributed by atoms with Gasteiger partial charge in [-0.05, 0) is 30.2 Å². The summed E-state index contributed by atoms with van der Waals surface area (Å²) in [6.45, 7) is 1.99. The molecule has 5 heteroatoms. The first kappa shape index (κ1) is 13.2. The zero-order chi connectivity index (χ0) is 13.8. The summed E-state index contributed by atoms with van der Waals surface area (Å²) in [4.78, 5) is 16.0. The van der Waals surface area contributed by atoms with Crippen LogP contribution in [0.15, 0.2) is 36.5 Å². The Hall–Kier alpha value is -2.27. The van der Waals surface area contributed by atoms with Gasteiger partial charge in [-0.25, -0.2) is 9.37 Å². The molecule has 1 heterocycles. The van der Waals surface area contributed by atoms with E-state index < -0.39 is 11.7 Å². The minimum atomic E-state index is -0.519. The Morgan fingerprint density at radius 2 is 2.16 bits per heavy atom. The highest BCUT2D eigenvalue weighted by molar-refractivity contribution is 6.04. The molecule has 0 aliphatic carbocycles. The molecule has 1 amide bonds. The molecule has 1 aromatic heterocycles. The molecule has 0 radical (unpaired) electrons. The predicted octanol–water partition coefficient (Wildman–Crippen LogP) is 2.24. The maximum atomic E-state index is 13.8. The molecule has 0 saturated carbocycles. The molecule has 2 aromatic rings. The van der Waals surface area contributed by atoms with E-state index in [0.29, 0.717) is 17.9 Å². The van der Waals surface area contributed by atoms with Gasteiger partial charge in [0, 0.05) is 12.7 Å². The van der Waals surface area contributed by atoms with E-state index in [2.05, 4.69) is 10.3 Å². The van der Waals surface area contributed by atoms with Crippen LogP contribution in [-0.4, -0.2) is 10.9 Å². The number of rotatable bonds is 3. The van der Waals surface area contributed by atoms with Crippen molar-refractivity contribution in [2.45, 2.75) is 13.5 Å². The Balaban J connectivity index is 2.18. The lowest BCUT2D eigenvalue weighted by Crippen LogP contribution is -2.15. The van der Waals surface area contributed by atoms with Crippen molar-refractivity contribution in [3.8, 4) is 0 Å². The summed E-state index contributed by atoms with van der Waals surface area (Å²) in [6, 6.07) is 8.08. The van der Waals surface area contributed by atoms with Crippen molar-refractivity contribution in [3.05, 3.63) is 59.0 Å². The van der Waals surface area contributed by atoms with Crippen LogP contribution >= 0.6 is 0 Å². The van der Waals surface area contributed by atoms with E-state index in [1.165, 1.54) is 6.07 Å². The first-order chi connectivity index (χ1) is 9.11. The van der Waals surface area contributed by atoms with Crippen LogP contribution in [0.5, 0.6) is 0 Å². The number of nitrogens with zero attached hydrogens (tertiary/aromatic N) is 1. The minimum absolute atomic E-state index is 0.00435. The number of carbonyl (C=O) groups is 1. The third-order valence-electron chi connectivity index (χ3n) is 2.74. The Bertz CT molecular complexity index is 596. The fraction of sp³-hybridized carbons (Fsp3) is 0.143. The Morgan fingerprint density at radius 1 is 1.37 bits per heavy atom. The van der Waals surface area contributed by atoms with Crippen LogP contribution in [0.1, 0.15) is 21.5 Å². The average molecular weight is 259 g/mol. The van der Waals surface area contributed by atoms with E-state index in [0.717, 1.165) is 5.56 Å². The molecule has 0 unspecified atom stereocenters. The van der Waals surface area contributed by atoms with Crippen molar-refractivity contribution in [2.75, 3.05) is 5.32 Å². The lowest BCUT2D eigenvalue weighted by Gasteiger charge is -2.07. The maximum absolute atomic E-state index is 13.8. The molecule has 19 heavy (non-hydrogen) atoms. The van der Waals surface area contributed by atoms with Crippen molar-refractivity contribution in [1.29, 1.82) is 0 Å². The molecule has 0 spiro atoms. The van der Waals surface area contributed by atoms with Gasteiger partial charge in [0.2, 0.25) is 0 Å². The number of amides is 1. The number of anilines is 1. The molecular formula is C14H14FN3O. The molecule has 0 bridgehead atoms. The molecule has 1 aromatic carbocycles. The number of aryl methyl sites for hydroxylation is 1. The number of nitrogens with two attached hydrogens (primary N) is 1. The summed E-state index contributed by atoms with van der Waals surface area (Å²) in [7, 11) is 0. The first-order valence-electron chi connectivity index (χ1n) is 5.83. The van der Waals surface area contributed by atoms with Crippen LogP contribution in [0, 0.1) is 12.7 Å². The summed E-state index contributed by atoms with van der Waals surface area (Å²) in [5.41, 5.74) is 6.75. The molecule has 0 atom stereocenters. The minimum Gasteiger partial charge on any atom is -0.326 e. The van der Waals surface area contributed by atoms with E-state index in [-0.39, 0.29) is 5.56 Å². The summed E-state index contributed by atoms with van der Waals surface area (Å²) in [5, 5.41) is 2.55. The lowest BCUT2D eigenvalue weighted by atomic mass is 10.1. The molecule has 2 rings (SSSR count). The predicted molar refractivity (Wildman–Crippen MR) is 71.2 cm³/mol. The molecule has 0 fully saturated rings. The van der Waals surface area contributed by atoms with Gasteiger partial charge in [-0.1, -0.05) is 18.2 Å². The van der Waals surface area contributed by atoms with Crippen LogP contribution in [0.25, 0.3) is 0 Å². The van der Waals surface area contributed by atoms with Crippen molar-refractivity contribution in [3.63, 3.8) is 0 Å². The average Bonchev–Trinajstić information content (AvgIpc) is 2.42. The van der Waals surface area contributed by atoms with Crippen molar-refractivity contribution in [2.24, 2.45) is 5.73 Å². The van der Waals surface area contributed by atoms with Crippen LogP contribution < -0.4 is 11.1 Å². The van der Waals surface area contributed by atoms with E-state index in [1.807, 2.05) is 0 Å².